The smallest absolute Gasteiger partial charge is 0.232 e. The van der Waals surface area contributed by atoms with Crippen molar-refractivity contribution in [3.8, 4) is 5.75 Å². The van der Waals surface area contributed by atoms with E-state index < -0.39 is 0 Å². The van der Waals surface area contributed by atoms with Gasteiger partial charge in [0.25, 0.3) is 0 Å². The van der Waals surface area contributed by atoms with E-state index in [9.17, 15) is 4.79 Å². The fourth-order valence-corrected chi connectivity index (χ4v) is 4.53. The van der Waals surface area contributed by atoms with Gasteiger partial charge in [-0.25, -0.2) is 0 Å². The Balaban J connectivity index is 1.29. The third-order valence-electron chi connectivity index (χ3n) is 5.06. The molecule has 0 aromatic heterocycles. The van der Waals surface area contributed by atoms with Gasteiger partial charge < -0.3 is 9.64 Å². The molecule has 1 atom stereocenters. The first-order chi connectivity index (χ1) is 12.3. The van der Waals surface area contributed by atoms with Crippen LogP contribution in [0.3, 0.4) is 0 Å². The first kappa shape index (κ1) is 16.5. The second-order valence-electron chi connectivity index (χ2n) is 6.77. The Bertz CT molecular complexity index is 747. The summed E-state index contributed by atoms with van der Waals surface area (Å²) in [5, 5.41) is 0. The Kier molecular flexibility index (Phi) is 4.97. The molecule has 3 nitrogen and oxygen atoms in total. The molecule has 4 heteroatoms. The number of rotatable bonds is 5. The molecule has 0 N–H and O–H groups in total. The number of carbonyl (C=O) groups is 1. The molecule has 1 fully saturated rings. The summed E-state index contributed by atoms with van der Waals surface area (Å²) in [6.45, 7) is 2.53. The summed E-state index contributed by atoms with van der Waals surface area (Å²) in [4.78, 5) is 14.5. The second kappa shape index (κ2) is 7.52. The minimum Gasteiger partial charge on any atom is -0.493 e. The Labute approximate surface area is 153 Å². The van der Waals surface area contributed by atoms with E-state index in [-0.39, 0.29) is 5.91 Å². The van der Waals surface area contributed by atoms with Crippen LogP contribution in [0.15, 0.2) is 48.5 Å². The van der Waals surface area contributed by atoms with Crippen LogP contribution in [-0.4, -0.2) is 36.3 Å². The predicted molar refractivity (Wildman–Crippen MR) is 102 cm³/mol. The minimum absolute atomic E-state index is 0.271. The Hall–Kier alpha value is -1.94. The third kappa shape index (κ3) is 3.84. The van der Waals surface area contributed by atoms with Crippen molar-refractivity contribution in [1.82, 2.24) is 4.90 Å². The molecular weight excluding hydrogens is 330 g/mol. The van der Waals surface area contributed by atoms with Crippen LogP contribution < -0.4 is 4.74 Å². The maximum absolute atomic E-state index is 12.5. The molecule has 2 aliphatic heterocycles. The van der Waals surface area contributed by atoms with E-state index in [1.807, 2.05) is 23.1 Å². The summed E-state index contributed by atoms with van der Waals surface area (Å²) in [5.74, 6) is 3.24. The number of ether oxygens (including phenoxy) is 1. The lowest BCUT2D eigenvalue weighted by Gasteiger charge is -2.17. The van der Waals surface area contributed by atoms with Crippen molar-refractivity contribution in [3.63, 3.8) is 0 Å². The summed E-state index contributed by atoms with van der Waals surface area (Å²) < 4.78 is 5.59. The average Bonchev–Trinajstić information content (AvgIpc) is 3.31. The van der Waals surface area contributed by atoms with Crippen LogP contribution in [0, 0.1) is 0 Å². The van der Waals surface area contributed by atoms with Gasteiger partial charge in [0, 0.05) is 31.2 Å². The zero-order valence-electron chi connectivity index (χ0n) is 14.3. The number of carbonyl (C=O) groups excluding carboxylic acids is 1. The van der Waals surface area contributed by atoms with Crippen LogP contribution >= 0.6 is 11.8 Å². The van der Waals surface area contributed by atoms with Crippen LogP contribution in [0.5, 0.6) is 5.75 Å². The largest absolute Gasteiger partial charge is 0.493 e. The Morgan fingerprint density at radius 3 is 2.96 bits per heavy atom. The fraction of sp³-hybridized carbons (Fsp3) is 0.381. The first-order valence-electron chi connectivity index (χ1n) is 8.94. The van der Waals surface area contributed by atoms with Crippen LogP contribution in [0.25, 0.3) is 0 Å². The van der Waals surface area contributed by atoms with Crippen molar-refractivity contribution in [1.29, 1.82) is 0 Å². The highest BCUT2D eigenvalue weighted by Gasteiger charge is 2.28. The molecule has 4 rings (SSSR count). The minimum atomic E-state index is 0.271. The molecule has 25 heavy (non-hydrogen) atoms. The van der Waals surface area contributed by atoms with Crippen molar-refractivity contribution >= 4 is 17.7 Å². The molecule has 1 unspecified atom stereocenters. The molecule has 0 radical (unpaired) electrons. The van der Waals surface area contributed by atoms with Crippen LogP contribution in [0.1, 0.15) is 29.0 Å². The highest BCUT2D eigenvalue weighted by molar-refractivity contribution is 7.99. The third-order valence-corrected chi connectivity index (χ3v) is 6.05. The number of hydrogen-bond acceptors (Lipinski definition) is 3. The lowest BCUT2D eigenvalue weighted by atomic mass is 9.96. The number of likely N-dealkylation sites (tertiary alicyclic amines) is 1. The molecule has 0 spiro atoms. The van der Waals surface area contributed by atoms with Crippen molar-refractivity contribution in [2.24, 2.45) is 0 Å². The van der Waals surface area contributed by atoms with E-state index in [4.69, 9.17) is 4.74 Å². The van der Waals surface area contributed by atoms with Gasteiger partial charge in [0.15, 0.2) is 0 Å². The zero-order valence-corrected chi connectivity index (χ0v) is 15.1. The highest BCUT2D eigenvalue weighted by atomic mass is 32.2. The van der Waals surface area contributed by atoms with Gasteiger partial charge in [0.2, 0.25) is 5.91 Å². The summed E-state index contributed by atoms with van der Waals surface area (Å²) >= 11 is 1.71. The topological polar surface area (TPSA) is 29.5 Å². The van der Waals surface area contributed by atoms with Crippen LogP contribution in [-0.2, 0) is 17.0 Å². The summed E-state index contributed by atoms with van der Waals surface area (Å²) in [6, 6.07) is 16.9. The van der Waals surface area contributed by atoms with Crippen molar-refractivity contribution in [3.05, 3.63) is 65.2 Å². The summed E-state index contributed by atoms with van der Waals surface area (Å²) in [7, 11) is 0. The average molecular weight is 353 g/mol. The molecule has 2 aliphatic rings. The van der Waals surface area contributed by atoms with Gasteiger partial charge in [-0.3, -0.25) is 4.79 Å². The normalized spacial score (nSPS) is 18.9. The Morgan fingerprint density at radius 1 is 1.20 bits per heavy atom. The fourth-order valence-electron chi connectivity index (χ4n) is 3.64. The highest BCUT2D eigenvalue weighted by Crippen LogP contribution is 2.33. The number of nitrogens with zero attached hydrogens (tertiary/aromatic N) is 1. The van der Waals surface area contributed by atoms with Gasteiger partial charge in [-0.1, -0.05) is 42.5 Å². The Morgan fingerprint density at radius 2 is 2.08 bits per heavy atom. The SMILES string of the molecule is O=C(CSCc1ccccc1)N1CCC(c2ccc3c(c2)CCO3)C1. The van der Waals surface area contributed by atoms with Crippen molar-refractivity contribution < 1.29 is 9.53 Å². The summed E-state index contributed by atoms with van der Waals surface area (Å²) in [5.41, 5.74) is 3.96. The number of hydrogen-bond donors (Lipinski definition) is 0. The van der Waals surface area contributed by atoms with E-state index >= 15 is 0 Å². The van der Waals surface area contributed by atoms with Gasteiger partial charge in [-0.2, -0.15) is 0 Å². The maximum Gasteiger partial charge on any atom is 0.232 e. The van der Waals surface area contributed by atoms with Gasteiger partial charge >= 0.3 is 0 Å². The molecular formula is C21H23NO2S. The molecule has 0 bridgehead atoms. The maximum atomic E-state index is 12.5. The van der Waals surface area contributed by atoms with E-state index in [1.54, 1.807) is 11.8 Å². The molecule has 0 aliphatic carbocycles. The molecule has 1 saturated heterocycles. The molecule has 1 amide bonds. The molecule has 2 aromatic rings. The van der Waals surface area contributed by atoms with Gasteiger partial charge in [-0.15, -0.1) is 11.8 Å². The molecule has 0 saturated carbocycles. The van der Waals surface area contributed by atoms with E-state index in [1.165, 1.54) is 16.7 Å². The molecule has 2 heterocycles. The van der Waals surface area contributed by atoms with Crippen molar-refractivity contribution in [2.45, 2.75) is 24.5 Å². The van der Waals surface area contributed by atoms with Crippen LogP contribution in [0.4, 0.5) is 0 Å². The standard InChI is InChI=1S/C21H23NO2S/c23-21(15-25-14-16-4-2-1-3-5-16)22-10-8-19(13-22)17-6-7-20-18(12-17)9-11-24-20/h1-7,12,19H,8-11,13-15H2. The van der Waals surface area contributed by atoms with E-state index in [0.717, 1.165) is 44.0 Å². The number of benzene rings is 2. The second-order valence-corrected chi connectivity index (χ2v) is 7.75. The summed E-state index contributed by atoms with van der Waals surface area (Å²) in [6.07, 6.45) is 2.07. The van der Waals surface area contributed by atoms with Gasteiger partial charge in [-0.05, 0) is 29.2 Å². The van der Waals surface area contributed by atoms with Crippen molar-refractivity contribution in [2.75, 3.05) is 25.4 Å². The van der Waals surface area contributed by atoms with Gasteiger partial charge in [0.1, 0.15) is 5.75 Å². The van der Waals surface area contributed by atoms with E-state index in [0.29, 0.717) is 11.7 Å². The predicted octanol–water partition coefficient (Wildman–Crippen LogP) is 3.87. The zero-order chi connectivity index (χ0) is 17.1. The first-order valence-corrected chi connectivity index (χ1v) is 10.1. The van der Waals surface area contributed by atoms with E-state index in [2.05, 4.69) is 30.3 Å². The lowest BCUT2D eigenvalue weighted by Crippen LogP contribution is -2.30. The number of fused-ring (bicyclic) bond motifs is 1. The van der Waals surface area contributed by atoms with Gasteiger partial charge in [0.05, 0.1) is 12.4 Å². The monoisotopic (exact) mass is 353 g/mol. The quantitative estimate of drug-likeness (QED) is 0.817. The number of amides is 1. The lowest BCUT2D eigenvalue weighted by molar-refractivity contribution is -0.127. The molecule has 2 aromatic carbocycles. The van der Waals surface area contributed by atoms with Crippen LogP contribution in [0.2, 0.25) is 0 Å². The molecule has 130 valence electrons. The number of thioether (sulfide) groups is 1.